The lowest BCUT2D eigenvalue weighted by Gasteiger charge is -2.45. The fourth-order valence-corrected chi connectivity index (χ4v) is 5.96. The van der Waals surface area contributed by atoms with Gasteiger partial charge >= 0.3 is 0 Å². The van der Waals surface area contributed by atoms with Gasteiger partial charge in [0.25, 0.3) is 0 Å². The smallest absolute Gasteiger partial charge is 0.0431 e. The highest BCUT2D eigenvalue weighted by Crippen LogP contribution is 2.49. The van der Waals surface area contributed by atoms with Gasteiger partial charge in [-0.25, -0.2) is 0 Å². The number of fused-ring (bicyclic) bond motifs is 1. The lowest BCUT2D eigenvalue weighted by atomic mass is 9.61. The van der Waals surface area contributed by atoms with Crippen molar-refractivity contribution in [1.82, 2.24) is 0 Å². The summed E-state index contributed by atoms with van der Waals surface area (Å²) in [5.74, 6) is 5.07. The summed E-state index contributed by atoms with van der Waals surface area (Å²) in [7, 11) is 0. The van der Waals surface area contributed by atoms with Crippen LogP contribution in [-0.2, 0) is 0 Å². The maximum absolute atomic E-state index is 9.02. The molecule has 0 radical (unpaired) electrons. The molecular weight excluding hydrogens is 276 g/mol. The third kappa shape index (κ3) is 4.19. The molecule has 0 aliphatic heterocycles. The van der Waals surface area contributed by atoms with Gasteiger partial charge in [0.05, 0.1) is 0 Å². The lowest BCUT2D eigenvalue weighted by Crippen LogP contribution is -2.34. The quantitative estimate of drug-likeness (QED) is 0.694. The zero-order chi connectivity index (χ0) is 14.7. The van der Waals surface area contributed by atoms with Gasteiger partial charge in [-0.2, -0.15) is 12.6 Å². The average Bonchev–Trinajstić information content (AvgIpc) is 2.53. The van der Waals surface area contributed by atoms with Gasteiger partial charge < -0.3 is 5.11 Å². The van der Waals surface area contributed by atoms with E-state index in [4.69, 9.17) is 5.11 Å². The fraction of sp³-hybridized carbons (Fsp3) is 1.00. The van der Waals surface area contributed by atoms with Gasteiger partial charge in [-0.3, -0.25) is 0 Å². The van der Waals surface area contributed by atoms with Crippen LogP contribution in [0, 0.1) is 29.6 Å². The first-order valence-corrected chi connectivity index (χ1v) is 10.1. The minimum Gasteiger partial charge on any atom is -0.396 e. The van der Waals surface area contributed by atoms with E-state index < -0.39 is 0 Å². The summed E-state index contributed by atoms with van der Waals surface area (Å²) in [6.07, 6.45) is 16.9. The third-order valence-corrected chi connectivity index (χ3v) is 7.46. The molecule has 0 aromatic rings. The Kier molecular flexibility index (Phi) is 5.95. The molecule has 21 heavy (non-hydrogen) atoms. The van der Waals surface area contributed by atoms with Gasteiger partial charge in [-0.05, 0) is 100 Å². The van der Waals surface area contributed by atoms with E-state index in [1.54, 1.807) is 6.42 Å². The predicted octanol–water partition coefficient (Wildman–Crippen LogP) is 5.08. The van der Waals surface area contributed by atoms with E-state index in [0.717, 1.165) is 36.0 Å². The minimum absolute atomic E-state index is 0.389. The van der Waals surface area contributed by atoms with Crippen molar-refractivity contribution in [1.29, 1.82) is 0 Å². The summed E-state index contributed by atoms with van der Waals surface area (Å²) in [5.41, 5.74) is 0. The molecule has 0 aromatic carbocycles. The highest BCUT2D eigenvalue weighted by molar-refractivity contribution is 7.80. The van der Waals surface area contributed by atoms with E-state index in [1.165, 1.54) is 64.2 Å². The van der Waals surface area contributed by atoms with Crippen molar-refractivity contribution in [2.45, 2.75) is 82.3 Å². The summed E-state index contributed by atoms with van der Waals surface area (Å²) < 4.78 is 0. The largest absolute Gasteiger partial charge is 0.396 e. The molecule has 0 heterocycles. The molecule has 0 saturated heterocycles. The molecule has 2 heteroatoms. The van der Waals surface area contributed by atoms with Crippen LogP contribution in [0.15, 0.2) is 0 Å². The van der Waals surface area contributed by atoms with Crippen LogP contribution in [0.2, 0.25) is 0 Å². The standard InChI is InChI=1S/C19H34OS/c20-11-1-2-14-3-4-18-13-17(6-5-16(18)12-14)15-7-9-19(21)10-8-15/h14-21H,1-13H2. The maximum Gasteiger partial charge on any atom is 0.0431 e. The highest BCUT2D eigenvalue weighted by Gasteiger charge is 2.38. The molecule has 4 atom stereocenters. The summed E-state index contributed by atoms with van der Waals surface area (Å²) in [6, 6.07) is 0. The zero-order valence-electron chi connectivity index (χ0n) is 13.6. The van der Waals surface area contributed by atoms with E-state index in [9.17, 15) is 0 Å². The van der Waals surface area contributed by atoms with Crippen molar-refractivity contribution in [3.05, 3.63) is 0 Å². The van der Waals surface area contributed by atoms with Crippen LogP contribution >= 0.6 is 12.6 Å². The SMILES string of the molecule is OCCCC1CCC2CC(C3CCC(S)CC3)CCC2C1. The fourth-order valence-electron chi connectivity index (χ4n) is 5.67. The first-order valence-electron chi connectivity index (χ1n) is 9.55. The molecule has 1 N–H and O–H groups in total. The van der Waals surface area contributed by atoms with Gasteiger partial charge in [0, 0.05) is 11.9 Å². The van der Waals surface area contributed by atoms with Crippen LogP contribution in [0.5, 0.6) is 0 Å². The summed E-state index contributed by atoms with van der Waals surface area (Å²) in [6.45, 7) is 0.389. The molecule has 3 aliphatic rings. The topological polar surface area (TPSA) is 20.2 Å². The van der Waals surface area contributed by atoms with Crippen molar-refractivity contribution < 1.29 is 5.11 Å². The van der Waals surface area contributed by atoms with Crippen LogP contribution in [0.1, 0.15) is 77.0 Å². The molecule has 1 nitrogen and oxygen atoms in total. The Morgan fingerprint density at radius 2 is 1.29 bits per heavy atom. The van der Waals surface area contributed by atoms with E-state index in [-0.39, 0.29) is 0 Å². The third-order valence-electron chi connectivity index (χ3n) is 6.94. The first-order chi connectivity index (χ1) is 10.3. The molecule has 0 amide bonds. The molecule has 0 spiro atoms. The minimum atomic E-state index is 0.389. The Hall–Kier alpha value is 0.310. The number of aliphatic hydroxyl groups excluding tert-OH is 1. The van der Waals surface area contributed by atoms with Gasteiger partial charge in [-0.15, -0.1) is 0 Å². The van der Waals surface area contributed by atoms with Gasteiger partial charge in [-0.1, -0.05) is 6.42 Å². The van der Waals surface area contributed by atoms with Crippen LogP contribution in [0.25, 0.3) is 0 Å². The average molecular weight is 311 g/mol. The predicted molar refractivity (Wildman–Crippen MR) is 92.7 cm³/mol. The van der Waals surface area contributed by atoms with Gasteiger partial charge in [0.15, 0.2) is 0 Å². The molecule has 0 bridgehead atoms. The molecule has 122 valence electrons. The molecule has 3 saturated carbocycles. The van der Waals surface area contributed by atoms with E-state index in [2.05, 4.69) is 12.6 Å². The summed E-state index contributed by atoms with van der Waals surface area (Å²) >= 11 is 4.66. The Morgan fingerprint density at radius 3 is 2.00 bits per heavy atom. The zero-order valence-corrected chi connectivity index (χ0v) is 14.4. The van der Waals surface area contributed by atoms with E-state index in [1.807, 2.05) is 0 Å². The molecule has 0 aromatic heterocycles. The number of hydrogen-bond donors (Lipinski definition) is 2. The van der Waals surface area contributed by atoms with Crippen LogP contribution in [0.4, 0.5) is 0 Å². The molecule has 3 fully saturated rings. The van der Waals surface area contributed by atoms with Crippen molar-refractivity contribution in [3.8, 4) is 0 Å². The van der Waals surface area contributed by atoms with Gasteiger partial charge in [0.2, 0.25) is 0 Å². The lowest BCUT2D eigenvalue weighted by molar-refractivity contribution is 0.0625. The second-order valence-corrected chi connectivity index (χ2v) is 8.94. The van der Waals surface area contributed by atoms with E-state index in [0.29, 0.717) is 11.9 Å². The van der Waals surface area contributed by atoms with Crippen molar-refractivity contribution in [2.75, 3.05) is 6.61 Å². The highest BCUT2D eigenvalue weighted by atomic mass is 32.1. The Balaban J connectivity index is 1.46. The van der Waals surface area contributed by atoms with Gasteiger partial charge in [0.1, 0.15) is 0 Å². The summed E-state index contributed by atoms with van der Waals surface area (Å²) in [5, 5.41) is 9.72. The number of rotatable bonds is 4. The normalized spacial score (nSPS) is 44.3. The second kappa shape index (κ2) is 7.73. The Labute approximate surface area is 136 Å². The molecule has 3 aliphatic carbocycles. The second-order valence-electron chi connectivity index (χ2n) is 8.21. The number of aliphatic hydroxyl groups is 1. The molecule has 3 rings (SSSR count). The maximum atomic E-state index is 9.02. The summed E-state index contributed by atoms with van der Waals surface area (Å²) in [4.78, 5) is 0. The number of thiol groups is 1. The monoisotopic (exact) mass is 310 g/mol. The molecular formula is C19H34OS. The number of hydrogen-bond acceptors (Lipinski definition) is 2. The van der Waals surface area contributed by atoms with Crippen LogP contribution < -0.4 is 0 Å². The first kappa shape index (κ1) is 16.2. The van der Waals surface area contributed by atoms with Crippen molar-refractivity contribution in [2.24, 2.45) is 29.6 Å². The van der Waals surface area contributed by atoms with Crippen LogP contribution in [0.3, 0.4) is 0 Å². The Morgan fingerprint density at radius 1 is 0.714 bits per heavy atom. The van der Waals surface area contributed by atoms with E-state index >= 15 is 0 Å². The molecule has 4 unspecified atom stereocenters. The Bertz CT molecular complexity index is 311. The van der Waals surface area contributed by atoms with Crippen molar-refractivity contribution in [3.63, 3.8) is 0 Å². The van der Waals surface area contributed by atoms with Crippen LogP contribution in [-0.4, -0.2) is 17.0 Å². The van der Waals surface area contributed by atoms with Crippen molar-refractivity contribution >= 4 is 12.6 Å².